The smallest absolute Gasteiger partial charge is 0.308 e. The van der Waals surface area contributed by atoms with Gasteiger partial charge in [0.15, 0.2) is 11.5 Å². The molecule has 0 spiro atoms. The van der Waals surface area contributed by atoms with Crippen LogP contribution in [0.5, 0.6) is 11.5 Å². The van der Waals surface area contributed by atoms with Gasteiger partial charge in [0, 0.05) is 10.7 Å². The molecular formula is C35H40ClNO6. The van der Waals surface area contributed by atoms with Gasteiger partial charge in [0.2, 0.25) is 5.91 Å². The topological polar surface area (TPSA) is 85.3 Å². The van der Waals surface area contributed by atoms with E-state index in [9.17, 15) is 14.7 Å². The maximum atomic E-state index is 13.9. The molecule has 8 heteroatoms. The van der Waals surface area contributed by atoms with Crippen LogP contribution in [-0.4, -0.2) is 37.3 Å². The number of carbonyl (C=O) groups excluding carboxylic acids is 2. The number of ether oxygens (including phenoxy) is 3. The van der Waals surface area contributed by atoms with Crippen LogP contribution in [0.1, 0.15) is 74.8 Å². The van der Waals surface area contributed by atoms with E-state index in [1.54, 1.807) is 7.11 Å². The predicted octanol–water partition coefficient (Wildman–Crippen LogP) is 7.00. The molecule has 228 valence electrons. The highest BCUT2D eigenvalue weighted by Crippen LogP contribution is 2.45. The Morgan fingerprint density at radius 3 is 2.21 bits per heavy atom. The van der Waals surface area contributed by atoms with Crippen LogP contribution in [0.25, 0.3) is 0 Å². The SMILES string of the molecule is COC(=O)C1CCC(C(C)(O)c2ccc(N3C(=O)Cc4cc(OC)c(OC(C)C)cc4[C@@H]3c3ccc(Cl)cc3)cc2)CC1. The van der Waals surface area contributed by atoms with Crippen LogP contribution in [0, 0.1) is 11.8 Å². The van der Waals surface area contributed by atoms with Crippen molar-refractivity contribution in [2.45, 2.75) is 70.6 Å². The summed E-state index contributed by atoms with van der Waals surface area (Å²) in [6, 6.07) is 18.6. The molecule has 2 atom stereocenters. The van der Waals surface area contributed by atoms with Gasteiger partial charge in [0.1, 0.15) is 0 Å². The van der Waals surface area contributed by atoms with E-state index in [-0.39, 0.29) is 36.2 Å². The molecule has 5 rings (SSSR count). The number of amides is 1. The minimum atomic E-state index is -1.08. The van der Waals surface area contributed by atoms with Gasteiger partial charge in [-0.3, -0.25) is 9.59 Å². The number of esters is 1. The molecule has 1 heterocycles. The maximum absolute atomic E-state index is 13.9. The summed E-state index contributed by atoms with van der Waals surface area (Å²) in [7, 11) is 3.02. The first-order valence-corrected chi connectivity index (χ1v) is 15.3. The maximum Gasteiger partial charge on any atom is 0.308 e. The number of benzene rings is 3. The summed E-state index contributed by atoms with van der Waals surface area (Å²) in [4.78, 5) is 27.7. The Hall–Kier alpha value is -3.55. The zero-order valence-corrected chi connectivity index (χ0v) is 26.2. The third-order valence-electron chi connectivity index (χ3n) is 8.92. The number of hydrogen-bond donors (Lipinski definition) is 1. The summed E-state index contributed by atoms with van der Waals surface area (Å²) in [6.07, 6.45) is 3.02. The number of carbonyl (C=O) groups is 2. The van der Waals surface area contributed by atoms with E-state index in [2.05, 4.69) is 0 Å². The number of fused-ring (bicyclic) bond motifs is 1. The fourth-order valence-corrected chi connectivity index (χ4v) is 6.71. The second kappa shape index (κ2) is 12.6. The third kappa shape index (κ3) is 6.24. The highest BCUT2D eigenvalue weighted by molar-refractivity contribution is 6.30. The van der Waals surface area contributed by atoms with Gasteiger partial charge in [-0.1, -0.05) is 35.9 Å². The number of halogens is 1. The van der Waals surface area contributed by atoms with E-state index in [1.165, 1.54) is 7.11 Å². The van der Waals surface area contributed by atoms with E-state index in [0.717, 1.165) is 40.8 Å². The van der Waals surface area contributed by atoms with Crippen LogP contribution in [0.2, 0.25) is 5.02 Å². The van der Waals surface area contributed by atoms with Gasteiger partial charge in [-0.05, 0) is 111 Å². The number of methoxy groups -OCH3 is 2. The Morgan fingerprint density at radius 2 is 1.63 bits per heavy atom. The molecule has 1 aliphatic heterocycles. The van der Waals surface area contributed by atoms with Gasteiger partial charge in [0.05, 0.1) is 44.3 Å². The van der Waals surface area contributed by atoms with Gasteiger partial charge in [-0.2, -0.15) is 0 Å². The molecule has 0 bridgehead atoms. The lowest BCUT2D eigenvalue weighted by Crippen LogP contribution is -2.41. The Morgan fingerprint density at radius 1 is 0.977 bits per heavy atom. The minimum Gasteiger partial charge on any atom is -0.493 e. The molecule has 7 nitrogen and oxygen atoms in total. The normalized spacial score (nSPS) is 21.6. The zero-order chi connectivity index (χ0) is 30.9. The quantitative estimate of drug-likeness (QED) is 0.278. The summed E-state index contributed by atoms with van der Waals surface area (Å²) in [6.45, 7) is 5.77. The average molecular weight is 606 g/mol. The molecule has 0 saturated heterocycles. The summed E-state index contributed by atoms with van der Waals surface area (Å²) >= 11 is 6.25. The van der Waals surface area contributed by atoms with Crippen molar-refractivity contribution in [2.75, 3.05) is 19.1 Å². The van der Waals surface area contributed by atoms with Crippen molar-refractivity contribution in [3.8, 4) is 11.5 Å². The van der Waals surface area contributed by atoms with E-state index in [4.69, 9.17) is 25.8 Å². The summed E-state index contributed by atoms with van der Waals surface area (Å²) in [5.74, 6) is 0.899. The van der Waals surface area contributed by atoms with E-state index >= 15 is 0 Å². The Bertz CT molecular complexity index is 1460. The fourth-order valence-electron chi connectivity index (χ4n) is 6.58. The second-order valence-electron chi connectivity index (χ2n) is 12.0. The van der Waals surface area contributed by atoms with Crippen LogP contribution in [0.4, 0.5) is 5.69 Å². The number of rotatable bonds is 8. The highest BCUT2D eigenvalue weighted by atomic mass is 35.5. The minimum absolute atomic E-state index is 0.0129. The molecule has 43 heavy (non-hydrogen) atoms. The molecule has 3 aromatic rings. The first-order valence-electron chi connectivity index (χ1n) is 14.9. The first kappa shape index (κ1) is 30.9. The number of nitrogens with zero attached hydrogens (tertiary/aromatic N) is 1. The van der Waals surface area contributed by atoms with Crippen molar-refractivity contribution >= 4 is 29.2 Å². The molecule has 0 aromatic heterocycles. The Kier molecular flexibility index (Phi) is 9.04. The molecule has 1 aliphatic carbocycles. The molecule has 1 unspecified atom stereocenters. The molecule has 1 fully saturated rings. The van der Waals surface area contributed by atoms with Gasteiger partial charge in [-0.25, -0.2) is 0 Å². The lowest BCUT2D eigenvalue weighted by molar-refractivity contribution is -0.147. The largest absolute Gasteiger partial charge is 0.493 e. The predicted molar refractivity (Wildman–Crippen MR) is 167 cm³/mol. The summed E-state index contributed by atoms with van der Waals surface area (Å²) < 4.78 is 16.7. The van der Waals surface area contributed by atoms with Crippen molar-refractivity contribution < 1.29 is 28.9 Å². The first-order chi connectivity index (χ1) is 20.5. The molecule has 3 aromatic carbocycles. The number of aliphatic hydroxyl groups is 1. The zero-order valence-electron chi connectivity index (χ0n) is 25.4. The van der Waals surface area contributed by atoms with Crippen molar-refractivity contribution in [3.05, 3.63) is 87.9 Å². The van der Waals surface area contributed by atoms with Gasteiger partial charge in [-0.15, -0.1) is 0 Å². The van der Waals surface area contributed by atoms with Crippen molar-refractivity contribution in [2.24, 2.45) is 11.8 Å². The van der Waals surface area contributed by atoms with Gasteiger partial charge < -0.3 is 24.2 Å². The summed E-state index contributed by atoms with van der Waals surface area (Å²) in [5.41, 5.74) is 3.19. The van der Waals surface area contributed by atoms with Crippen LogP contribution < -0.4 is 14.4 Å². The number of anilines is 1. The highest BCUT2D eigenvalue weighted by Gasteiger charge is 2.39. The molecule has 1 N–H and O–H groups in total. The average Bonchev–Trinajstić information content (AvgIpc) is 3.00. The van der Waals surface area contributed by atoms with Crippen LogP contribution >= 0.6 is 11.6 Å². The van der Waals surface area contributed by atoms with Crippen molar-refractivity contribution in [3.63, 3.8) is 0 Å². The van der Waals surface area contributed by atoms with E-state index < -0.39 is 11.6 Å². The van der Waals surface area contributed by atoms with Gasteiger partial charge >= 0.3 is 5.97 Å². The molecule has 1 amide bonds. The van der Waals surface area contributed by atoms with Crippen LogP contribution in [0.15, 0.2) is 60.7 Å². The Balaban J connectivity index is 1.50. The molecular weight excluding hydrogens is 566 g/mol. The van der Waals surface area contributed by atoms with E-state index in [0.29, 0.717) is 29.4 Å². The third-order valence-corrected chi connectivity index (χ3v) is 9.18. The molecule has 2 aliphatic rings. The lowest BCUT2D eigenvalue weighted by atomic mass is 9.71. The second-order valence-corrected chi connectivity index (χ2v) is 12.5. The monoisotopic (exact) mass is 605 g/mol. The summed E-state index contributed by atoms with van der Waals surface area (Å²) in [5, 5.41) is 12.3. The molecule has 0 radical (unpaired) electrons. The lowest BCUT2D eigenvalue weighted by Gasteiger charge is -2.39. The van der Waals surface area contributed by atoms with Crippen molar-refractivity contribution in [1.29, 1.82) is 0 Å². The molecule has 1 saturated carbocycles. The van der Waals surface area contributed by atoms with Gasteiger partial charge in [0.25, 0.3) is 0 Å². The number of hydrogen-bond acceptors (Lipinski definition) is 6. The van der Waals surface area contributed by atoms with Crippen LogP contribution in [0.3, 0.4) is 0 Å². The van der Waals surface area contributed by atoms with Crippen molar-refractivity contribution in [1.82, 2.24) is 0 Å². The Labute approximate surface area is 258 Å². The van der Waals surface area contributed by atoms with Crippen LogP contribution in [-0.2, 0) is 26.3 Å². The standard InChI is InChI=1S/C35H40ClNO6/c1-21(2)43-31-20-29-24(18-30(31)41-4)19-32(38)37(33(29)22-8-14-27(36)15-9-22)28-16-12-26(13-17-28)35(3,40)25-10-6-23(7-11-25)34(39)42-5/h8-9,12-18,20-21,23,25,33,40H,6-7,10-11,19H2,1-5H3/t23?,25?,33-,35?/m0/s1. The fraction of sp³-hybridized carbons (Fsp3) is 0.429. The van der Waals surface area contributed by atoms with E-state index in [1.807, 2.05) is 86.3 Å².